The number of alkyl halides is 3. The van der Waals surface area contributed by atoms with Crippen LogP contribution in [0.15, 0.2) is 18.2 Å². The summed E-state index contributed by atoms with van der Waals surface area (Å²) in [6.45, 7) is 0.256. The number of cyclic esters (lactones) is 1. The predicted molar refractivity (Wildman–Crippen MR) is 88.9 cm³/mol. The van der Waals surface area contributed by atoms with Crippen molar-refractivity contribution in [1.82, 2.24) is 10.2 Å². The van der Waals surface area contributed by atoms with Crippen molar-refractivity contribution in [1.29, 1.82) is 0 Å². The van der Waals surface area contributed by atoms with E-state index in [0.29, 0.717) is 25.3 Å². The molecule has 1 aromatic carbocycles. The Balaban J connectivity index is 1.33. The first-order valence-corrected chi connectivity index (χ1v) is 9.05. The molecule has 2 aliphatic heterocycles. The van der Waals surface area contributed by atoms with E-state index in [1.807, 2.05) is 0 Å². The van der Waals surface area contributed by atoms with E-state index in [1.54, 1.807) is 0 Å². The van der Waals surface area contributed by atoms with Crippen LogP contribution in [-0.4, -0.2) is 53.0 Å². The molecule has 0 radical (unpaired) electrons. The molecule has 2 unspecified atom stereocenters. The number of alkyl carbamates (subject to hydrolysis) is 1. The molecule has 1 aromatic rings. The number of amides is 2. The molecule has 1 spiro atoms. The zero-order valence-electron chi connectivity index (χ0n) is 15.0. The fourth-order valence-electron chi connectivity index (χ4n) is 4.22. The lowest BCUT2D eigenvalue weighted by Gasteiger charge is -2.54. The van der Waals surface area contributed by atoms with Crippen LogP contribution in [-0.2, 0) is 10.9 Å². The highest BCUT2D eigenvalue weighted by molar-refractivity contribution is 5.74. The van der Waals surface area contributed by atoms with E-state index in [9.17, 15) is 32.3 Å². The van der Waals surface area contributed by atoms with Crippen LogP contribution >= 0.6 is 0 Å². The Hall–Kier alpha value is -2.72. The van der Waals surface area contributed by atoms with Crippen LogP contribution in [0.25, 0.3) is 0 Å². The van der Waals surface area contributed by atoms with Gasteiger partial charge in [-0.1, -0.05) is 0 Å². The van der Waals surface area contributed by atoms with Crippen molar-refractivity contribution in [2.24, 2.45) is 5.92 Å². The number of carbonyl (C=O) groups excluding carboxylic acids is 1. The van der Waals surface area contributed by atoms with E-state index < -0.39 is 41.3 Å². The third kappa shape index (κ3) is 3.53. The molecule has 2 saturated heterocycles. The van der Waals surface area contributed by atoms with Crippen molar-refractivity contribution in [2.75, 3.05) is 13.2 Å². The number of hydrogen-bond donors (Lipinski definition) is 2. The van der Waals surface area contributed by atoms with E-state index >= 15 is 0 Å². The number of benzene rings is 1. The lowest BCUT2D eigenvalue weighted by Crippen LogP contribution is -2.76. The van der Waals surface area contributed by atoms with Gasteiger partial charge in [-0.15, -0.1) is 0 Å². The fourth-order valence-corrected chi connectivity index (χ4v) is 4.22. The molecule has 1 aliphatic carbocycles. The first kappa shape index (κ1) is 19.6. The number of ether oxygens (including phenoxy) is 2. The minimum Gasteiger partial charge on any atom is -0.487 e. The summed E-state index contributed by atoms with van der Waals surface area (Å²) in [5.74, 6) is -1.24. The van der Waals surface area contributed by atoms with Crippen LogP contribution < -0.4 is 10.1 Å². The van der Waals surface area contributed by atoms with E-state index in [4.69, 9.17) is 9.47 Å². The molecule has 0 aromatic heterocycles. The highest BCUT2D eigenvalue weighted by Gasteiger charge is 2.60. The van der Waals surface area contributed by atoms with Crippen LogP contribution in [0.2, 0.25) is 0 Å². The number of carbonyl (C=O) groups is 2. The summed E-state index contributed by atoms with van der Waals surface area (Å²) in [5, 5.41) is 12.0. The maximum atomic E-state index is 13.9. The van der Waals surface area contributed by atoms with E-state index in [0.717, 1.165) is 12.1 Å². The second kappa shape index (κ2) is 6.67. The number of nitrogens with one attached hydrogen (secondary N) is 1. The Labute approximate surface area is 162 Å². The monoisotopic (exact) mass is 418 g/mol. The summed E-state index contributed by atoms with van der Waals surface area (Å²) in [6.07, 6.45) is -5.16. The number of halogens is 4. The molecule has 3 fully saturated rings. The summed E-state index contributed by atoms with van der Waals surface area (Å²) in [4.78, 5) is 24.0. The van der Waals surface area contributed by atoms with Crippen LogP contribution in [0.5, 0.6) is 5.75 Å². The third-order valence-corrected chi connectivity index (χ3v) is 5.83. The largest absolute Gasteiger partial charge is 0.487 e. The Morgan fingerprint density at radius 2 is 2.10 bits per heavy atom. The molecule has 11 heteroatoms. The van der Waals surface area contributed by atoms with Crippen LogP contribution in [0, 0.1) is 11.7 Å². The first-order chi connectivity index (χ1) is 13.6. The molecule has 2 atom stereocenters. The molecular formula is C18H18F4N2O5. The van der Waals surface area contributed by atoms with Gasteiger partial charge >= 0.3 is 18.4 Å². The summed E-state index contributed by atoms with van der Waals surface area (Å²) >= 11 is 0. The normalized spacial score (nSPS) is 31.0. The Bertz CT molecular complexity index is 842. The first-order valence-electron chi connectivity index (χ1n) is 9.05. The minimum absolute atomic E-state index is 0.0824. The second-order valence-corrected chi connectivity index (χ2v) is 7.74. The van der Waals surface area contributed by atoms with Gasteiger partial charge in [-0.25, -0.2) is 14.0 Å². The fraction of sp³-hybridized carbons (Fsp3) is 0.556. The van der Waals surface area contributed by atoms with Crippen molar-refractivity contribution >= 4 is 12.2 Å². The van der Waals surface area contributed by atoms with Crippen molar-refractivity contribution in [3.05, 3.63) is 29.6 Å². The van der Waals surface area contributed by atoms with E-state index in [-0.39, 0.29) is 30.9 Å². The molecule has 3 aliphatic rings. The maximum absolute atomic E-state index is 13.9. The predicted octanol–water partition coefficient (Wildman–Crippen LogP) is 3.23. The van der Waals surface area contributed by atoms with Crippen molar-refractivity contribution in [2.45, 2.75) is 43.1 Å². The van der Waals surface area contributed by atoms with Gasteiger partial charge in [0.05, 0.1) is 24.3 Å². The number of likely N-dealkylation sites (tertiary alicyclic amines) is 1. The van der Waals surface area contributed by atoms with Gasteiger partial charge in [-0.05, 0) is 43.4 Å². The van der Waals surface area contributed by atoms with Gasteiger partial charge in [0.25, 0.3) is 0 Å². The van der Waals surface area contributed by atoms with Crippen LogP contribution in [0.3, 0.4) is 0 Å². The highest BCUT2D eigenvalue weighted by atomic mass is 19.4. The van der Waals surface area contributed by atoms with Crippen molar-refractivity contribution in [3.8, 4) is 5.75 Å². The number of rotatable bonds is 4. The van der Waals surface area contributed by atoms with E-state index in [2.05, 4.69) is 5.32 Å². The second-order valence-electron chi connectivity index (χ2n) is 7.74. The van der Waals surface area contributed by atoms with Gasteiger partial charge in [-0.2, -0.15) is 13.2 Å². The van der Waals surface area contributed by atoms with E-state index in [1.165, 1.54) is 4.90 Å². The summed E-state index contributed by atoms with van der Waals surface area (Å²) in [7, 11) is 0. The number of nitrogens with zero attached hydrogens (tertiary/aromatic N) is 1. The topological polar surface area (TPSA) is 88.1 Å². The zero-order chi connectivity index (χ0) is 21.0. The lowest BCUT2D eigenvalue weighted by atomic mass is 9.70. The average Bonchev–Trinajstić information content (AvgIpc) is 2.98. The zero-order valence-corrected chi connectivity index (χ0v) is 15.0. The van der Waals surface area contributed by atoms with Gasteiger partial charge < -0.3 is 24.8 Å². The molecule has 0 bridgehead atoms. The SMILES string of the molecule is O=C1NC2(CO1)CN(C(=O)O)C2CC1CC(Oc2ccc(C(F)(F)F)cc2F)C1. The molecule has 2 amide bonds. The molecular weight excluding hydrogens is 400 g/mol. The van der Waals surface area contributed by atoms with Crippen molar-refractivity contribution < 1.29 is 41.7 Å². The van der Waals surface area contributed by atoms with Crippen LogP contribution in [0.4, 0.5) is 27.2 Å². The van der Waals surface area contributed by atoms with Gasteiger partial charge in [0, 0.05) is 0 Å². The molecule has 1 saturated carbocycles. The van der Waals surface area contributed by atoms with Crippen molar-refractivity contribution in [3.63, 3.8) is 0 Å². The standard InChI is InChI=1S/C18H18F4N2O5/c19-12-6-10(18(20,21)22)1-2-13(12)29-11-3-9(4-11)5-14-17(7-24(14)16(26)27)8-28-15(25)23-17/h1-2,6,9,11,14H,3-5,7-8H2,(H,23,25)(H,26,27). The molecule has 158 valence electrons. The quantitative estimate of drug-likeness (QED) is 0.733. The lowest BCUT2D eigenvalue weighted by molar-refractivity contribution is -0.137. The third-order valence-electron chi connectivity index (χ3n) is 5.83. The summed E-state index contributed by atoms with van der Waals surface area (Å²) in [6, 6.07) is 1.70. The highest BCUT2D eigenvalue weighted by Crippen LogP contribution is 2.43. The Kier molecular flexibility index (Phi) is 4.50. The smallest absolute Gasteiger partial charge is 0.416 e. The van der Waals surface area contributed by atoms with Crippen LogP contribution in [0.1, 0.15) is 24.8 Å². The minimum atomic E-state index is -4.63. The molecule has 2 N–H and O–H groups in total. The number of carboxylic acid groups (broad SMARTS) is 1. The molecule has 29 heavy (non-hydrogen) atoms. The van der Waals surface area contributed by atoms with Gasteiger partial charge in [0.2, 0.25) is 0 Å². The van der Waals surface area contributed by atoms with Gasteiger partial charge in [0.1, 0.15) is 12.1 Å². The molecule has 2 heterocycles. The average molecular weight is 418 g/mol. The number of hydrogen-bond acceptors (Lipinski definition) is 4. The Morgan fingerprint density at radius 3 is 2.66 bits per heavy atom. The summed E-state index contributed by atoms with van der Waals surface area (Å²) < 4.78 is 62.1. The maximum Gasteiger partial charge on any atom is 0.416 e. The molecule has 4 rings (SSSR count). The Morgan fingerprint density at radius 1 is 1.38 bits per heavy atom. The molecule has 7 nitrogen and oxygen atoms in total. The van der Waals surface area contributed by atoms with Gasteiger partial charge in [-0.3, -0.25) is 0 Å². The summed E-state index contributed by atoms with van der Waals surface area (Å²) in [5.41, 5.74) is -1.81. The van der Waals surface area contributed by atoms with Gasteiger partial charge in [0.15, 0.2) is 11.6 Å².